The number of carbonyl (C=O) groups excluding carboxylic acids is 2. The van der Waals surface area contributed by atoms with E-state index < -0.39 is 0 Å². The smallest absolute Gasteiger partial charge is 0.273 e. The first-order chi connectivity index (χ1) is 13.1. The Morgan fingerprint density at radius 1 is 1.11 bits per heavy atom. The van der Waals surface area contributed by atoms with Crippen molar-refractivity contribution in [1.82, 2.24) is 25.0 Å². The van der Waals surface area contributed by atoms with Crippen molar-refractivity contribution in [2.75, 3.05) is 0 Å². The van der Waals surface area contributed by atoms with Crippen molar-refractivity contribution in [3.05, 3.63) is 59.2 Å². The number of nitrogens with one attached hydrogen (secondary N) is 1. The number of fused-ring (bicyclic) bond motifs is 2. The van der Waals surface area contributed by atoms with Crippen molar-refractivity contribution in [2.45, 2.75) is 32.0 Å². The van der Waals surface area contributed by atoms with Gasteiger partial charge in [0.15, 0.2) is 5.69 Å². The summed E-state index contributed by atoms with van der Waals surface area (Å²) in [5.41, 5.74) is 2.62. The van der Waals surface area contributed by atoms with E-state index >= 15 is 0 Å². The molecule has 0 bridgehead atoms. The average Bonchev–Trinajstić information content (AvgIpc) is 3.29. The second kappa shape index (κ2) is 5.90. The minimum Gasteiger partial charge on any atom is -0.348 e. The molecule has 136 valence electrons. The molecule has 7 heteroatoms. The second-order valence-electron chi connectivity index (χ2n) is 7.19. The Hall–Kier alpha value is -3.22. The highest BCUT2D eigenvalue weighted by Crippen LogP contribution is 2.29. The topological polar surface area (TPSA) is 80.1 Å². The van der Waals surface area contributed by atoms with Crippen LogP contribution in [-0.4, -0.2) is 37.5 Å². The SMILES string of the molecule is Cn1nc(C(=O)NC2CC2)c2c1CN(C(=O)c1nccc3ccccc13)C2. The first-order valence-electron chi connectivity index (χ1n) is 9.10. The van der Waals surface area contributed by atoms with E-state index in [9.17, 15) is 9.59 Å². The van der Waals surface area contributed by atoms with Crippen LogP contribution in [0.1, 0.15) is 45.1 Å². The van der Waals surface area contributed by atoms with E-state index in [0.29, 0.717) is 24.5 Å². The molecule has 1 fully saturated rings. The molecule has 0 spiro atoms. The summed E-state index contributed by atoms with van der Waals surface area (Å²) >= 11 is 0. The molecule has 2 aromatic heterocycles. The van der Waals surface area contributed by atoms with Gasteiger partial charge >= 0.3 is 0 Å². The quantitative estimate of drug-likeness (QED) is 0.774. The van der Waals surface area contributed by atoms with E-state index in [2.05, 4.69) is 15.4 Å². The van der Waals surface area contributed by atoms with Gasteiger partial charge in [-0.25, -0.2) is 0 Å². The summed E-state index contributed by atoms with van der Waals surface area (Å²) < 4.78 is 1.71. The molecule has 1 N–H and O–H groups in total. The maximum atomic E-state index is 13.1. The molecule has 0 unspecified atom stereocenters. The van der Waals surface area contributed by atoms with Gasteiger partial charge in [0.2, 0.25) is 0 Å². The number of carbonyl (C=O) groups is 2. The molecule has 3 heterocycles. The van der Waals surface area contributed by atoms with Gasteiger partial charge in [0.1, 0.15) is 5.69 Å². The largest absolute Gasteiger partial charge is 0.348 e. The van der Waals surface area contributed by atoms with E-state index in [1.807, 2.05) is 37.4 Å². The van der Waals surface area contributed by atoms with Gasteiger partial charge in [0, 0.05) is 30.2 Å². The average molecular weight is 361 g/mol. The van der Waals surface area contributed by atoms with Gasteiger partial charge < -0.3 is 10.2 Å². The highest BCUT2D eigenvalue weighted by molar-refractivity contribution is 6.05. The number of amides is 2. The standard InChI is InChI=1S/C20H19N5O2/c1-24-16-11-25(10-15(16)17(23-24)19(26)22-13-6-7-13)20(27)18-14-5-3-2-4-12(14)8-9-21-18/h2-5,8-9,13H,6-7,10-11H2,1H3,(H,22,26). The first-order valence-corrected chi connectivity index (χ1v) is 9.10. The lowest BCUT2D eigenvalue weighted by Gasteiger charge is -2.17. The van der Waals surface area contributed by atoms with Crippen molar-refractivity contribution >= 4 is 22.6 Å². The molecular weight excluding hydrogens is 342 g/mol. The summed E-state index contributed by atoms with van der Waals surface area (Å²) in [7, 11) is 1.82. The Balaban J connectivity index is 1.45. The van der Waals surface area contributed by atoms with Gasteiger partial charge in [0.05, 0.1) is 18.8 Å². The zero-order chi connectivity index (χ0) is 18.5. The van der Waals surface area contributed by atoms with Crippen LogP contribution in [0.2, 0.25) is 0 Å². The summed E-state index contributed by atoms with van der Waals surface area (Å²) in [4.78, 5) is 31.7. The van der Waals surface area contributed by atoms with Crippen LogP contribution in [0.15, 0.2) is 36.5 Å². The minimum atomic E-state index is -0.146. The predicted molar refractivity (Wildman–Crippen MR) is 99.0 cm³/mol. The Kier molecular flexibility index (Phi) is 3.50. The lowest BCUT2D eigenvalue weighted by atomic mass is 10.1. The number of nitrogens with zero attached hydrogens (tertiary/aromatic N) is 4. The lowest BCUT2D eigenvalue weighted by Crippen LogP contribution is -2.29. The normalized spacial score (nSPS) is 15.8. The maximum Gasteiger partial charge on any atom is 0.273 e. The summed E-state index contributed by atoms with van der Waals surface area (Å²) in [6.07, 6.45) is 3.71. The van der Waals surface area contributed by atoms with E-state index in [0.717, 1.165) is 34.9 Å². The van der Waals surface area contributed by atoms with Crippen molar-refractivity contribution < 1.29 is 9.59 Å². The van der Waals surface area contributed by atoms with Crippen LogP contribution in [0.3, 0.4) is 0 Å². The van der Waals surface area contributed by atoms with Crippen molar-refractivity contribution in [3.63, 3.8) is 0 Å². The van der Waals surface area contributed by atoms with E-state index in [1.54, 1.807) is 15.8 Å². The molecule has 5 rings (SSSR count). The van der Waals surface area contributed by atoms with E-state index in [-0.39, 0.29) is 17.9 Å². The molecule has 2 aliphatic rings. The van der Waals surface area contributed by atoms with Crippen LogP contribution in [0, 0.1) is 0 Å². The van der Waals surface area contributed by atoms with Crippen LogP contribution in [0.25, 0.3) is 10.8 Å². The number of rotatable bonds is 3. The molecule has 0 atom stereocenters. The number of aryl methyl sites for hydroxylation is 1. The Labute approximate surface area is 156 Å². The molecule has 7 nitrogen and oxygen atoms in total. The lowest BCUT2D eigenvalue weighted by molar-refractivity contribution is 0.0742. The maximum absolute atomic E-state index is 13.1. The fourth-order valence-corrected chi connectivity index (χ4v) is 3.64. The number of hydrogen-bond donors (Lipinski definition) is 1. The minimum absolute atomic E-state index is 0.128. The molecule has 1 aromatic carbocycles. The van der Waals surface area contributed by atoms with Gasteiger partial charge in [-0.1, -0.05) is 24.3 Å². The predicted octanol–water partition coefficient (Wildman–Crippen LogP) is 2.02. The fraction of sp³-hybridized carbons (Fsp3) is 0.300. The van der Waals surface area contributed by atoms with Gasteiger partial charge in [-0.05, 0) is 24.3 Å². The summed E-state index contributed by atoms with van der Waals surface area (Å²) in [5.74, 6) is -0.275. The van der Waals surface area contributed by atoms with Gasteiger partial charge in [-0.2, -0.15) is 5.10 Å². The molecular formula is C20H19N5O2. The zero-order valence-electron chi connectivity index (χ0n) is 15.0. The number of aromatic nitrogens is 3. The summed E-state index contributed by atoms with van der Waals surface area (Å²) in [6, 6.07) is 9.90. The molecule has 2 amide bonds. The third-order valence-electron chi connectivity index (χ3n) is 5.26. The molecule has 0 saturated heterocycles. The van der Waals surface area contributed by atoms with Crippen molar-refractivity contribution in [1.29, 1.82) is 0 Å². The van der Waals surface area contributed by atoms with Gasteiger partial charge in [-0.3, -0.25) is 19.3 Å². The van der Waals surface area contributed by atoms with Crippen molar-refractivity contribution in [3.8, 4) is 0 Å². The van der Waals surface area contributed by atoms with Crippen LogP contribution < -0.4 is 5.32 Å². The van der Waals surface area contributed by atoms with E-state index in [4.69, 9.17) is 0 Å². The van der Waals surface area contributed by atoms with Crippen LogP contribution in [-0.2, 0) is 20.1 Å². The number of pyridine rings is 1. The third-order valence-corrected chi connectivity index (χ3v) is 5.26. The highest BCUT2D eigenvalue weighted by atomic mass is 16.2. The molecule has 3 aromatic rings. The van der Waals surface area contributed by atoms with Crippen LogP contribution >= 0.6 is 0 Å². The molecule has 1 aliphatic heterocycles. The second-order valence-corrected chi connectivity index (χ2v) is 7.19. The number of benzene rings is 1. The van der Waals surface area contributed by atoms with Crippen molar-refractivity contribution in [2.24, 2.45) is 7.05 Å². The number of hydrogen-bond acceptors (Lipinski definition) is 4. The fourth-order valence-electron chi connectivity index (χ4n) is 3.64. The van der Waals surface area contributed by atoms with Gasteiger partial charge in [0.25, 0.3) is 11.8 Å². The third kappa shape index (κ3) is 2.66. The molecule has 27 heavy (non-hydrogen) atoms. The molecule has 1 saturated carbocycles. The van der Waals surface area contributed by atoms with Crippen LogP contribution in [0.4, 0.5) is 0 Å². The molecule has 1 aliphatic carbocycles. The Bertz CT molecular complexity index is 1080. The summed E-state index contributed by atoms with van der Waals surface area (Å²) in [6.45, 7) is 0.805. The monoisotopic (exact) mass is 361 g/mol. The zero-order valence-corrected chi connectivity index (χ0v) is 15.0. The summed E-state index contributed by atoms with van der Waals surface area (Å²) in [5, 5.41) is 9.19. The first kappa shape index (κ1) is 16.0. The Morgan fingerprint density at radius 3 is 2.74 bits per heavy atom. The highest BCUT2D eigenvalue weighted by Gasteiger charge is 2.34. The van der Waals surface area contributed by atoms with Gasteiger partial charge in [-0.15, -0.1) is 0 Å². The molecule has 0 radical (unpaired) electrons. The van der Waals surface area contributed by atoms with Crippen LogP contribution in [0.5, 0.6) is 0 Å². The van der Waals surface area contributed by atoms with E-state index in [1.165, 1.54) is 0 Å². The Morgan fingerprint density at radius 2 is 1.93 bits per heavy atom.